The monoisotopic (exact) mass is 472 g/mol. The smallest absolute Gasteiger partial charge is 0.249 e. The first kappa shape index (κ1) is 25.2. The minimum atomic E-state index is -0.487. The van der Waals surface area contributed by atoms with Crippen molar-refractivity contribution in [2.45, 2.75) is 58.5 Å². The third-order valence-electron chi connectivity index (χ3n) is 6.04. The Balaban J connectivity index is 1.77. The zero-order valence-electron chi connectivity index (χ0n) is 20.6. The van der Waals surface area contributed by atoms with Gasteiger partial charge in [-0.15, -0.1) is 11.3 Å². The largest absolute Gasteiger partial charge is 0.491 e. The molecule has 1 aromatic heterocycles. The number of amides is 2. The predicted octanol–water partition coefficient (Wildman–Crippen LogP) is 4.65. The van der Waals surface area contributed by atoms with Gasteiger partial charge < -0.3 is 19.3 Å². The Labute approximate surface area is 201 Å². The fourth-order valence-electron chi connectivity index (χ4n) is 4.13. The van der Waals surface area contributed by atoms with E-state index in [1.54, 1.807) is 16.2 Å². The van der Waals surface area contributed by atoms with Crippen molar-refractivity contribution < 1.29 is 19.1 Å². The summed E-state index contributed by atoms with van der Waals surface area (Å²) in [6.07, 6.45) is 0.819. The lowest BCUT2D eigenvalue weighted by Crippen LogP contribution is -2.53. The second-order valence-electron chi connectivity index (χ2n) is 9.77. The number of methoxy groups -OCH3 is 1. The number of ether oxygens (including phenoxy) is 2. The van der Waals surface area contributed by atoms with Gasteiger partial charge in [0, 0.05) is 24.1 Å². The minimum absolute atomic E-state index is 0.0186. The van der Waals surface area contributed by atoms with Gasteiger partial charge >= 0.3 is 0 Å². The lowest BCUT2D eigenvalue weighted by atomic mass is 9.99. The zero-order chi connectivity index (χ0) is 24.2. The van der Waals surface area contributed by atoms with Crippen LogP contribution in [0.2, 0.25) is 0 Å². The Morgan fingerprint density at radius 1 is 1.18 bits per heavy atom. The van der Waals surface area contributed by atoms with Crippen molar-refractivity contribution in [2.75, 3.05) is 33.4 Å². The van der Waals surface area contributed by atoms with E-state index in [2.05, 4.69) is 37.4 Å². The number of carbonyl (C=O) groups is 2. The summed E-state index contributed by atoms with van der Waals surface area (Å²) >= 11 is 1.72. The molecule has 1 aliphatic rings. The van der Waals surface area contributed by atoms with Crippen LogP contribution in [0.4, 0.5) is 0 Å². The van der Waals surface area contributed by atoms with Crippen LogP contribution < -0.4 is 4.74 Å². The quantitative estimate of drug-likeness (QED) is 0.561. The van der Waals surface area contributed by atoms with E-state index in [0.717, 1.165) is 17.7 Å². The standard InChI is InChI=1S/C26H36N2O4S/c1-18(2)19-7-9-20(10-8-19)32-16-22-21-12-14-33-23(21)11-13-27(22)24(29)15-28(26(3,4)5)25(30)17-31-6/h7-10,12,14,18,22H,11,13,15-17H2,1-6H3/t22-/m1/s1. The van der Waals surface area contributed by atoms with E-state index in [0.29, 0.717) is 19.1 Å². The summed E-state index contributed by atoms with van der Waals surface area (Å²) in [6.45, 7) is 11.1. The van der Waals surface area contributed by atoms with Crippen molar-refractivity contribution in [2.24, 2.45) is 0 Å². The maximum atomic E-state index is 13.5. The van der Waals surface area contributed by atoms with Gasteiger partial charge in [-0.25, -0.2) is 0 Å². The summed E-state index contributed by atoms with van der Waals surface area (Å²) in [5.41, 5.74) is 1.92. The summed E-state index contributed by atoms with van der Waals surface area (Å²) in [7, 11) is 1.49. The summed E-state index contributed by atoms with van der Waals surface area (Å²) in [4.78, 5) is 30.9. The Morgan fingerprint density at radius 3 is 2.48 bits per heavy atom. The second kappa shape index (κ2) is 10.7. The molecule has 1 atom stereocenters. The first-order valence-electron chi connectivity index (χ1n) is 11.5. The van der Waals surface area contributed by atoms with Gasteiger partial charge in [0.15, 0.2) is 0 Å². The molecule has 0 spiro atoms. The molecule has 0 saturated heterocycles. The molecule has 0 bridgehead atoms. The molecule has 0 aliphatic carbocycles. The van der Waals surface area contributed by atoms with Crippen molar-refractivity contribution in [3.05, 3.63) is 51.7 Å². The van der Waals surface area contributed by atoms with Crippen LogP contribution >= 0.6 is 11.3 Å². The average Bonchev–Trinajstić information content (AvgIpc) is 3.24. The van der Waals surface area contributed by atoms with E-state index in [1.807, 2.05) is 37.8 Å². The SMILES string of the molecule is COCC(=O)N(CC(=O)N1CCc2sccc2[C@H]1COc1ccc(C(C)C)cc1)C(C)(C)C. The molecule has 2 amide bonds. The molecular weight excluding hydrogens is 436 g/mol. The third kappa shape index (κ3) is 6.15. The fourth-order valence-corrected chi connectivity index (χ4v) is 5.05. The Morgan fingerprint density at radius 2 is 1.88 bits per heavy atom. The van der Waals surface area contributed by atoms with Crippen LogP contribution in [0.5, 0.6) is 5.75 Å². The number of benzene rings is 1. The van der Waals surface area contributed by atoms with Crippen molar-refractivity contribution in [1.29, 1.82) is 0 Å². The minimum Gasteiger partial charge on any atom is -0.491 e. The van der Waals surface area contributed by atoms with Crippen molar-refractivity contribution >= 4 is 23.2 Å². The highest BCUT2D eigenvalue weighted by atomic mass is 32.1. The van der Waals surface area contributed by atoms with E-state index >= 15 is 0 Å². The van der Waals surface area contributed by atoms with Crippen LogP contribution in [0.3, 0.4) is 0 Å². The number of carbonyl (C=O) groups excluding carboxylic acids is 2. The lowest BCUT2D eigenvalue weighted by Gasteiger charge is -2.40. The van der Waals surface area contributed by atoms with Gasteiger partial charge in [0.25, 0.3) is 0 Å². The number of fused-ring (bicyclic) bond motifs is 1. The van der Waals surface area contributed by atoms with Gasteiger partial charge in [0.1, 0.15) is 25.5 Å². The predicted molar refractivity (Wildman–Crippen MR) is 132 cm³/mol. The van der Waals surface area contributed by atoms with Crippen LogP contribution in [0.25, 0.3) is 0 Å². The molecule has 0 radical (unpaired) electrons. The molecule has 1 aliphatic heterocycles. The van der Waals surface area contributed by atoms with Gasteiger partial charge in [-0.05, 0) is 67.8 Å². The number of hydrogen-bond acceptors (Lipinski definition) is 5. The first-order valence-corrected chi connectivity index (χ1v) is 12.4. The van der Waals surface area contributed by atoms with E-state index in [1.165, 1.54) is 17.6 Å². The average molecular weight is 473 g/mol. The Hall–Kier alpha value is -2.38. The molecule has 0 saturated carbocycles. The highest BCUT2D eigenvalue weighted by molar-refractivity contribution is 7.10. The van der Waals surface area contributed by atoms with Crippen LogP contribution in [-0.4, -0.2) is 60.6 Å². The molecule has 0 fully saturated rings. The van der Waals surface area contributed by atoms with Crippen molar-refractivity contribution in [3.63, 3.8) is 0 Å². The molecule has 0 unspecified atom stereocenters. The normalized spacial score (nSPS) is 16.0. The highest BCUT2D eigenvalue weighted by Gasteiger charge is 2.35. The second-order valence-corrected chi connectivity index (χ2v) is 10.8. The van der Waals surface area contributed by atoms with E-state index in [-0.39, 0.29) is 31.0 Å². The third-order valence-corrected chi connectivity index (χ3v) is 7.04. The molecule has 2 aromatic rings. The molecule has 33 heavy (non-hydrogen) atoms. The topological polar surface area (TPSA) is 59.1 Å². The maximum Gasteiger partial charge on any atom is 0.249 e. The Kier molecular flexibility index (Phi) is 8.19. The number of rotatable bonds is 8. The maximum absolute atomic E-state index is 13.5. The summed E-state index contributed by atoms with van der Waals surface area (Å²) < 4.78 is 11.2. The molecule has 7 heteroatoms. The molecule has 0 N–H and O–H groups in total. The summed E-state index contributed by atoms with van der Waals surface area (Å²) in [6, 6.07) is 10.1. The van der Waals surface area contributed by atoms with Crippen molar-refractivity contribution in [3.8, 4) is 5.75 Å². The van der Waals surface area contributed by atoms with Crippen LogP contribution in [-0.2, 0) is 20.7 Å². The molecule has 180 valence electrons. The molecule has 1 aromatic carbocycles. The number of thiophene rings is 1. The fraction of sp³-hybridized carbons (Fsp3) is 0.538. The van der Waals surface area contributed by atoms with E-state index < -0.39 is 5.54 Å². The lowest BCUT2D eigenvalue weighted by molar-refractivity contribution is -0.148. The molecule has 6 nitrogen and oxygen atoms in total. The summed E-state index contributed by atoms with van der Waals surface area (Å²) in [5, 5.41) is 2.08. The molecule has 3 rings (SSSR count). The van der Waals surface area contributed by atoms with Crippen molar-refractivity contribution in [1.82, 2.24) is 9.80 Å². The first-order chi connectivity index (χ1) is 15.6. The zero-order valence-corrected chi connectivity index (χ0v) is 21.4. The summed E-state index contributed by atoms with van der Waals surface area (Å²) in [5.74, 6) is 0.991. The van der Waals surface area contributed by atoms with Gasteiger partial charge in [-0.2, -0.15) is 0 Å². The molecular formula is C26H36N2O4S. The van der Waals surface area contributed by atoms with Gasteiger partial charge in [0.2, 0.25) is 11.8 Å². The van der Waals surface area contributed by atoms with E-state index in [4.69, 9.17) is 9.47 Å². The van der Waals surface area contributed by atoms with E-state index in [9.17, 15) is 9.59 Å². The van der Waals surface area contributed by atoms with Crippen LogP contribution in [0.15, 0.2) is 35.7 Å². The van der Waals surface area contributed by atoms with Gasteiger partial charge in [-0.3, -0.25) is 9.59 Å². The number of nitrogens with zero attached hydrogens (tertiary/aromatic N) is 2. The van der Waals surface area contributed by atoms with Crippen LogP contribution in [0, 0.1) is 0 Å². The van der Waals surface area contributed by atoms with Gasteiger partial charge in [0.05, 0.1) is 6.04 Å². The number of hydrogen-bond donors (Lipinski definition) is 0. The molecule has 2 heterocycles. The van der Waals surface area contributed by atoms with Crippen LogP contribution in [0.1, 0.15) is 62.6 Å². The Bertz CT molecular complexity index is 946. The van der Waals surface area contributed by atoms with Gasteiger partial charge in [-0.1, -0.05) is 26.0 Å². The highest BCUT2D eigenvalue weighted by Crippen LogP contribution is 2.34.